The van der Waals surface area contributed by atoms with Gasteiger partial charge in [0.05, 0.1) is 17.9 Å². The van der Waals surface area contributed by atoms with E-state index in [4.69, 9.17) is 16.7 Å². The molecule has 1 aliphatic heterocycles. The molecule has 0 spiro atoms. The smallest absolute Gasteiger partial charge is 0.377 e. The summed E-state index contributed by atoms with van der Waals surface area (Å²) >= 11 is 6.16. The summed E-state index contributed by atoms with van der Waals surface area (Å²) in [4.78, 5) is 34.5. The Hall–Kier alpha value is -3.96. The number of benzene rings is 1. The zero-order valence-electron chi connectivity index (χ0n) is 22.2. The highest BCUT2D eigenvalue weighted by atomic mass is 35.5. The van der Waals surface area contributed by atoms with Crippen LogP contribution in [0.1, 0.15) is 43.0 Å². The average Bonchev–Trinajstić information content (AvgIpc) is 3.55. The van der Waals surface area contributed by atoms with E-state index in [9.17, 15) is 9.59 Å². The number of anilines is 1. The predicted molar refractivity (Wildman–Crippen MR) is 150 cm³/mol. The lowest BCUT2D eigenvalue weighted by atomic mass is 9.95. The third kappa shape index (κ3) is 4.41. The second kappa shape index (κ2) is 9.65. The maximum atomic E-state index is 13.7. The Kier molecular flexibility index (Phi) is 6.27. The highest BCUT2D eigenvalue weighted by Gasteiger charge is 2.25. The summed E-state index contributed by atoms with van der Waals surface area (Å²) in [5.74, 6) is -0.516. The number of nitrogens with one attached hydrogen (secondary N) is 2. The molecular formula is C27H29ClN8O3. The van der Waals surface area contributed by atoms with Crippen LogP contribution in [0, 0.1) is 6.92 Å². The van der Waals surface area contributed by atoms with Gasteiger partial charge in [-0.1, -0.05) is 22.8 Å². The summed E-state index contributed by atoms with van der Waals surface area (Å²) in [5, 5.41) is 14.8. The second-order valence-corrected chi connectivity index (χ2v) is 10.7. The van der Waals surface area contributed by atoms with E-state index in [1.807, 2.05) is 37.8 Å². The number of fused-ring (bicyclic) bond motifs is 3. The normalized spacial score (nSPS) is 15.8. The first-order chi connectivity index (χ1) is 18.7. The van der Waals surface area contributed by atoms with Crippen LogP contribution in [0.15, 0.2) is 44.6 Å². The first-order valence-corrected chi connectivity index (χ1v) is 13.3. The summed E-state index contributed by atoms with van der Waals surface area (Å²) < 4.78 is 8.45. The minimum absolute atomic E-state index is 0.0571. The molecule has 6 rings (SSSR count). The molecule has 0 bridgehead atoms. The fourth-order valence-electron chi connectivity index (χ4n) is 5.65. The van der Waals surface area contributed by atoms with Gasteiger partial charge in [0.15, 0.2) is 0 Å². The molecule has 2 N–H and O–H groups in total. The number of halogens is 1. The van der Waals surface area contributed by atoms with Crippen molar-refractivity contribution < 1.29 is 4.52 Å². The van der Waals surface area contributed by atoms with Crippen molar-refractivity contribution in [3.05, 3.63) is 67.6 Å². The minimum atomic E-state index is -0.685. The molecule has 5 heterocycles. The number of aromatic amines is 1. The fourth-order valence-corrected chi connectivity index (χ4v) is 5.80. The van der Waals surface area contributed by atoms with Crippen molar-refractivity contribution in [1.29, 1.82) is 0 Å². The van der Waals surface area contributed by atoms with Crippen LogP contribution < -0.4 is 16.6 Å². The van der Waals surface area contributed by atoms with E-state index in [-0.39, 0.29) is 28.6 Å². The number of rotatable bonds is 5. The zero-order chi connectivity index (χ0) is 27.4. The highest BCUT2D eigenvalue weighted by molar-refractivity contribution is 6.29. The SMILES string of the molecule is Cc1cc(C(C)Nc2ccc(Cl)nc2-c2noc(=O)[nH]2)c2c(c1)c(=O)n(C)c1c2cnn1C1CCN(C)CC1. The van der Waals surface area contributed by atoms with E-state index in [1.54, 1.807) is 16.7 Å². The summed E-state index contributed by atoms with van der Waals surface area (Å²) in [6.45, 7) is 5.99. The van der Waals surface area contributed by atoms with E-state index < -0.39 is 5.76 Å². The van der Waals surface area contributed by atoms with Gasteiger partial charge in [0.25, 0.3) is 5.56 Å². The molecule has 0 aliphatic carbocycles. The first-order valence-electron chi connectivity index (χ1n) is 12.9. The van der Waals surface area contributed by atoms with Crippen molar-refractivity contribution in [2.75, 3.05) is 25.5 Å². The number of aryl methyl sites for hydroxylation is 2. The number of aromatic nitrogens is 6. The molecule has 12 heteroatoms. The van der Waals surface area contributed by atoms with Gasteiger partial charge in [-0.3, -0.25) is 18.9 Å². The topological polar surface area (TPSA) is 127 Å². The Morgan fingerprint density at radius 2 is 1.92 bits per heavy atom. The number of piperidine rings is 1. The predicted octanol–water partition coefficient (Wildman–Crippen LogP) is 4.03. The van der Waals surface area contributed by atoms with Crippen molar-refractivity contribution in [2.24, 2.45) is 7.05 Å². The minimum Gasteiger partial charge on any atom is -0.377 e. The molecule has 1 aliphatic rings. The van der Waals surface area contributed by atoms with E-state index in [0.29, 0.717) is 16.8 Å². The second-order valence-electron chi connectivity index (χ2n) is 10.3. The summed E-state index contributed by atoms with van der Waals surface area (Å²) in [6, 6.07) is 7.45. The maximum absolute atomic E-state index is 13.7. The van der Waals surface area contributed by atoms with Crippen molar-refractivity contribution in [3.8, 4) is 11.5 Å². The van der Waals surface area contributed by atoms with E-state index >= 15 is 0 Å². The molecule has 1 atom stereocenters. The molecule has 4 aromatic heterocycles. The van der Waals surface area contributed by atoms with Crippen LogP contribution in [-0.2, 0) is 7.05 Å². The summed E-state index contributed by atoms with van der Waals surface area (Å²) in [5.41, 5.74) is 3.65. The molecular weight excluding hydrogens is 520 g/mol. The standard InChI is InChI=1S/C27H29ClN8O3/c1-14-11-17(15(2)30-20-5-6-21(28)31-23(20)24-32-27(38)39-33-24)22-18(12-14)26(37)35(4)25-19(22)13-29-36(25)16-7-9-34(3)10-8-16/h5-6,11-13,15-16,30H,7-10H2,1-4H3,(H,32,33,38). The number of nitrogens with zero attached hydrogens (tertiary/aromatic N) is 6. The van der Waals surface area contributed by atoms with Gasteiger partial charge in [0, 0.05) is 29.2 Å². The Labute approximate surface area is 228 Å². The lowest BCUT2D eigenvalue weighted by molar-refractivity contribution is 0.214. The largest absolute Gasteiger partial charge is 0.439 e. The summed E-state index contributed by atoms with van der Waals surface area (Å²) in [7, 11) is 3.96. The third-order valence-electron chi connectivity index (χ3n) is 7.60. The van der Waals surface area contributed by atoms with Gasteiger partial charge in [-0.25, -0.2) is 14.5 Å². The van der Waals surface area contributed by atoms with E-state index in [2.05, 4.69) is 43.0 Å². The van der Waals surface area contributed by atoms with Gasteiger partial charge in [-0.2, -0.15) is 5.10 Å². The Morgan fingerprint density at radius 1 is 1.15 bits per heavy atom. The lowest BCUT2D eigenvalue weighted by Gasteiger charge is -2.29. The Bertz CT molecular complexity index is 1830. The molecule has 39 heavy (non-hydrogen) atoms. The van der Waals surface area contributed by atoms with Crippen LogP contribution in [0.25, 0.3) is 33.3 Å². The van der Waals surface area contributed by atoms with Crippen molar-refractivity contribution in [2.45, 2.75) is 38.8 Å². The highest BCUT2D eigenvalue weighted by Crippen LogP contribution is 2.35. The Balaban J connectivity index is 1.50. The van der Waals surface area contributed by atoms with E-state index in [1.165, 1.54) is 0 Å². The molecule has 1 unspecified atom stereocenters. The van der Waals surface area contributed by atoms with Gasteiger partial charge in [0.2, 0.25) is 5.82 Å². The van der Waals surface area contributed by atoms with Gasteiger partial charge in [-0.05, 0) is 76.2 Å². The van der Waals surface area contributed by atoms with Crippen molar-refractivity contribution in [3.63, 3.8) is 0 Å². The molecule has 1 fully saturated rings. The third-order valence-corrected chi connectivity index (χ3v) is 7.81. The van der Waals surface area contributed by atoms with Crippen LogP contribution in [0.3, 0.4) is 0 Å². The number of hydrogen-bond acceptors (Lipinski definition) is 8. The van der Waals surface area contributed by atoms with Crippen LogP contribution >= 0.6 is 11.6 Å². The molecule has 0 saturated carbocycles. The Morgan fingerprint density at radius 3 is 2.64 bits per heavy atom. The molecule has 0 radical (unpaired) electrons. The zero-order valence-corrected chi connectivity index (χ0v) is 22.9. The average molecular weight is 549 g/mol. The van der Waals surface area contributed by atoms with E-state index in [0.717, 1.165) is 53.5 Å². The summed E-state index contributed by atoms with van der Waals surface area (Å²) in [6.07, 6.45) is 3.85. The van der Waals surface area contributed by atoms with Gasteiger partial charge >= 0.3 is 5.76 Å². The van der Waals surface area contributed by atoms with Gasteiger partial charge in [-0.15, -0.1) is 0 Å². The van der Waals surface area contributed by atoms with Gasteiger partial charge in [0.1, 0.15) is 16.5 Å². The number of H-pyrrole nitrogens is 1. The van der Waals surface area contributed by atoms with Crippen LogP contribution in [-0.4, -0.2) is 54.5 Å². The molecule has 5 aromatic rings. The van der Waals surface area contributed by atoms with Crippen molar-refractivity contribution in [1.82, 2.24) is 34.4 Å². The van der Waals surface area contributed by atoms with Crippen LogP contribution in [0.5, 0.6) is 0 Å². The molecule has 1 aromatic carbocycles. The number of hydrogen-bond donors (Lipinski definition) is 2. The van der Waals surface area contributed by atoms with Crippen LogP contribution in [0.2, 0.25) is 5.15 Å². The lowest BCUT2D eigenvalue weighted by Crippen LogP contribution is -2.32. The molecule has 11 nitrogen and oxygen atoms in total. The molecule has 1 saturated heterocycles. The van der Waals surface area contributed by atoms with Crippen LogP contribution in [0.4, 0.5) is 5.69 Å². The maximum Gasteiger partial charge on any atom is 0.439 e. The monoisotopic (exact) mass is 548 g/mol. The molecule has 0 amide bonds. The van der Waals surface area contributed by atoms with Gasteiger partial charge < -0.3 is 10.2 Å². The first kappa shape index (κ1) is 25.3. The fraction of sp³-hybridized carbons (Fsp3) is 0.370. The quantitative estimate of drug-likeness (QED) is 0.315. The van der Waals surface area contributed by atoms with Crippen molar-refractivity contribution >= 4 is 39.1 Å². The molecule has 202 valence electrons. The number of pyridine rings is 2. The number of likely N-dealkylation sites (tertiary alicyclic amines) is 1.